The van der Waals surface area contributed by atoms with Gasteiger partial charge in [-0.25, -0.2) is 4.68 Å². The van der Waals surface area contributed by atoms with Crippen LogP contribution in [0.1, 0.15) is 15.9 Å². The van der Waals surface area contributed by atoms with Gasteiger partial charge in [-0.15, -0.1) is 0 Å². The first-order chi connectivity index (χ1) is 11.2. The number of benzene rings is 2. The van der Waals surface area contributed by atoms with Gasteiger partial charge in [0.05, 0.1) is 5.56 Å². The highest BCUT2D eigenvalue weighted by atomic mass is 35.5. The second kappa shape index (κ2) is 6.77. The van der Waals surface area contributed by atoms with E-state index in [1.54, 1.807) is 42.3 Å². The average molecular weight is 327 g/mol. The number of carbonyl (C=O) groups excluding carboxylic acids is 1. The van der Waals surface area contributed by atoms with Crippen molar-refractivity contribution in [3.63, 3.8) is 0 Å². The van der Waals surface area contributed by atoms with E-state index in [9.17, 15) is 4.79 Å². The molecule has 0 radical (unpaired) electrons. The largest absolute Gasteiger partial charge is 0.362 e. The summed E-state index contributed by atoms with van der Waals surface area (Å²) in [5.41, 5.74) is 2.54. The third kappa shape index (κ3) is 3.33. The molecule has 5 heteroatoms. The Morgan fingerprint density at radius 2 is 1.96 bits per heavy atom. The molecule has 0 bridgehead atoms. The zero-order valence-electron chi connectivity index (χ0n) is 12.6. The van der Waals surface area contributed by atoms with Crippen LogP contribution in [-0.4, -0.2) is 22.7 Å². The van der Waals surface area contributed by atoms with Gasteiger partial charge in [-0.3, -0.25) is 4.79 Å². The van der Waals surface area contributed by atoms with Crippen molar-refractivity contribution < 1.29 is 9.53 Å². The van der Waals surface area contributed by atoms with Crippen LogP contribution >= 0.6 is 11.6 Å². The van der Waals surface area contributed by atoms with Crippen molar-refractivity contribution in [3.05, 3.63) is 76.9 Å². The Morgan fingerprint density at radius 3 is 2.65 bits per heavy atom. The van der Waals surface area contributed by atoms with Crippen LogP contribution in [-0.2, 0) is 11.5 Å². The Kier molecular flexibility index (Phi) is 4.55. The van der Waals surface area contributed by atoms with Crippen molar-refractivity contribution in [1.82, 2.24) is 9.78 Å². The normalized spacial score (nSPS) is 10.7. The van der Waals surface area contributed by atoms with Gasteiger partial charge in [0.1, 0.15) is 12.4 Å². The van der Waals surface area contributed by atoms with E-state index >= 15 is 0 Å². The van der Waals surface area contributed by atoms with Crippen LogP contribution in [0.25, 0.3) is 11.3 Å². The molecule has 0 unspecified atom stereocenters. The van der Waals surface area contributed by atoms with E-state index in [2.05, 4.69) is 5.10 Å². The van der Waals surface area contributed by atoms with Crippen LogP contribution in [0, 0.1) is 0 Å². The maximum absolute atomic E-state index is 12.8. The van der Waals surface area contributed by atoms with Crippen molar-refractivity contribution in [2.75, 3.05) is 7.11 Å². The molecule has 3 aromatic rings. The van der Waals surface area contributed by atoms with Gasteiger partial charge in [-0.05, 0) is 12.1 Å². The van der Waals surface area contributed by atoms with E-state index < -0.39 is 0 Å². The molecule has 0 aliphatic heterocycles. The zero-order valence-corrected chi connectivity index (χ0v) is 13.3. The van der Waals surface area contributed by atoms with Gasteiger partial charge in [0.15, 0.2) is 5.78 Å². The lowest BCUT2D eigenvalue weighted by molar-refractivity contribution is 0.103. The third-order valence-corrected chi connectivity index (χ3v) is 3.64. The molecule has 0 fully saturated rings. The molecule has 116 valence electrons. The van der Waals surface area contributed by atoms with Gasteiger partial charge in [0.2, 0.25) is 0 Å². The van der Waals surface area contributed by atoms with Crippen LogP contribution in [0.5, 0.6) is 0 Å². The molecule has 0 saturated carbocycles. The van der Waals surface area contributed by atoms with Gasteiger partial charge < -0.3 is 4.74 Å². The van der Waals surface area contributed by atoms with Crippen LogP contribution in [0.4, 0.5) is 0 Å². The topological polar surface area (TPSA) is 44.1 Å². The first kappa shape index (κ1) is 15.5. The molecule has 0 spiro atoms. The maximum Gasteiger partial charge on any atom is 0.196 e. The summed E-state index contributed by atoms with van der Waals surface area (Å²) in [5.74, 6) is -0.0806. The molecule has 1 aromatic heterocycles. The highest BCUT2D eigenvalue weighted by Crippen LogP contribution is 2.26. The Hall–Kier alpha value is -2.43. The van der Waals surface area contributed by atoms with Crippen LogP contribution in [0.15, 0.2) is 60.8 Å². The molecule has 0 atom stereocenters. The summed E-state index contributed by atoms with van der Waals surface area (Å²) in [4.78, 5) is 12.8. The molecule has 3 rings (SSSR count). The molecule has 0 aliphatic rings. The number of ketones is 1. The van der Waals surface area contributed by atoms with E-state index in [0.29, 0.717) is 21.8 Å². The molecule has 0 saturated heterocycles. The maximum atomic E-state index is 12.8. The summed E-state index contributed by atoms with van der Waals surface area (Å²) in [6.45, 7) is 0.273. The number of hydrogen-bond donors (Lipinski definition) is 0. The quantitative estimate of drug-likeness (QED) is 0.665. The monoisotopic (exact) mass is 326 g/mol. The van der Waals surface area contributed by atoms with Gasteiger partial charge in [-0.2, -0.15) is 5.10 Å². The van der Waals surface area contributed by atoms with Gasteiger partial charge >= 0.3 is 0 Å². The van der Waals surface area contributed by atoms with Crippen LogP contribution in [0.2, 0.25) is 5.02 Å². The number of methoxy groups -OCH3 is 1. The van der Waals surface area contributed by atoms with Crippen LogP contribution in [0.3, 0.4) is 0 Å². The molecule has 0 N–H and O–H groups in total. The van der Waals surface area contributed by atoms with Crippen molar-refractivity contribution in [2.24, 2.45) is 0 Å². The summed E-state index contributed by atoms with van der Waals surface area (Å²) in [6.07, 6.45) is 1.70. The smallest absolute Gasteiger partial charge is 0.196 e. The molecule has 0 aliphatic carbocycles. The summed E-state index contributed by atoms with van der Waals surface area (Å²) in [5, 5.41) is 5.07. The number of rotatable bonds is 5. The fourth-order valence-electron chi connectivity index (χ4n) is 2.38. The third-order valence-electron chi connectivity index (χ3n) is 3.40. The zero-order chi connectivity index (χ0) is 16.2. The Bertz CT molecular complexity index is 828. The molecule has 4 nitrogen and oxygen atoms in total. The van der Waals surface area contributed by atoms with Crippen LogP contribution < -0.4 is 0 Å². The average Bonchev–Trinajstić information content (AvgIpc) is 2.99. The standard InChI is InChI=1S/C18H15ClN2O2/c1-23-12-21-11-16(18(22)13-6-3-2-4-7-13)17(20-21)14-8-5-9-15(19)10-14/h2-11H,12H2,1H3. The fourth-order valence-corrected chi connectivity index (χ4v) is 2.57. The second-order valence-electron chi connectivity index (χ2n) is 5.05. The van der Waals surface area contributed by atoms with E-state index in [4.69, 9.17) is 16.3 Å². The summed E-state index contributed by atoms with van der Waals surface area (Å²) in [6, 6.07) is 16.4. The van der Waals surface area contributed by atoms with E-state index in [1.807, 2.05) is 30.3 Å². The minimum absolute atomic E-state index is 0.0806. The summed E-state index contributed by atoms with van der Waals surface area (Å²) < 4.78 is 6.71. The van der Waals surface area contributed by atoms with Crippen molar-refractivity contribution in [3.8, 4) is 11.3 Å². The molecular weight excluding hydrogens is 312 g/mol. The SMILES string of the molecule is COCn1cc(C(=O)c2ccccc2)c(-c2cccc(Cl)c2)n1. The molecular formula is C18H15ClN2O2. The van der Waals surface area contributed by atoms with E-state index in [-0.39, 0.29) is 12.5 Å². The lowest BCUT2D eigenvalue weighted by atomic mass is 10.0. The highest BCUT2D eigenvalue weighted by molar-refractivity contribution is 6.30. The molecule has 23 heavy (non-hydrogen) atoms. The van der Waals surface area contributed by atoms with E-state index in [1.165, 1.54) is 0 Å². The lowest BCUT2D eigenvalue weighted by Crippen LogP contribution is -2.02. The van der Waals surface area contributed by atoms with Crippen molar-refractivity contribution in [2.45, 2.75) is 6.73 Å². The first-order valence-corrected chi connectivity index (χ1v) is 7.49. The Balaban J connectivity index is 2.10. The first-order valence-electron chi connectivity index (χ1n) is 7.11. The second-order valence-corrected chi connectivity index (χ2v) is 5.49. The summed E-state index contributed by atoms with van der Waals surface area (Å²) >= 11 is 6.07. The lowest BCUT2D eigenvalue weighted by Gasteiger charge is -2.03. The predicted molar refractivity (Wildman–Crippen MR) is 89.6 cm³/mol. The Morgan fingerprint density at radius 1 is 1.17 bits per heavy atom. The predicted octanol–water partition coefficient (Wildman–Crippen LogP) is 4.04. The molecule has 1 heterocycles. The summed E-state index contributed by atoms with van der Waals surface area (Å²) in [7, 11) is 1.58. The van der Waals surface area contributed by atoms with Gasteiger partial charge in [0, 0.05) is 29.5 Å². The number of carbonyl (C=O) groups is 1. The minimum atomic E-state index is -0.0806. The van der Waals surface area contributed by atoms with Crippen molar-refractivity contribution in [1.29, 1.82) is 0 Å². The molecule has 0 amide bonds. The number of halogens is 1. The molecule has 2 aromatic carbocycles. The van der Waals surface area contributed by atoms with Gasteiger partial charge in [0.25, 0.3) is 0 Å². The fraction of sp³-hybridized carbons (Fsp3) is 0.111. The van der Waals surface area contributed by atoms with Gasteiger partial charge in [-0.1, -0.05) is 54.1 Å². The number of ether oxygens (including phenoxy) is 1. The highest BCUT2D eigenvalue weighted by Gasteiger charge is 2.19. The minimum Gasteiger partial charge on any atom is -0.362 e. The number of hydrogen-bond acceptors (Lipinski definition) is 3. The Labute approximate surface area is 139 Å². The van der Waals surface area contributed by atoms with E-state index in [0.717, 1.165) is 5.56 Å². The number of aromatic nitrogens is 2. The van der Waals surface area contributed by atoms with Crippen molar-refractivity contribution >= 4 is 17.4 Å². The number of nitrogens with zero attached hydrogens (tertiary/aromatic N) is 2.